The van der Waals surface area contributed by atoms with Crippen LogP contribution in [0.4, 0.5) is 4.39 Å². The SMILES string of the molecule is Fc1ccc(C[NH+](Cn2nc(-c3ccncc3)n(C3CC3)c2=S)C2CC2)cc1. The van der Waals surface area contributed by atoms with Crippen LogP contribution in [-0.2, 0) is 13.2 Å². The van der Waals surface area contributed by atoms with Crippen molar-refractivity contribution in [3.63, 3.8) is 0 Å². The van der Waals surface area contributed by atoms with Crippen LogP contribution in [0.25, 0.3) is 11.4 Å². The normalized spacial score (nSPS) is 17.6. The minimum atomic E-state index is -0.191. The summed E-state index contributed by atoms with van der Waals surface area (Å²) in [6.45, 7) is 1.59. The summed E-state index contributed by atoms with van der Waals surface area (Å²) >= 11 is 5.82. The van der Waals surface area contributed by atoms with Gasteiger partial charge in [-0.05, 0) is 49.3 Å². The fraction of sp³-hybridized carbons (Fsp3) is 0.381. The zero-order valence-corrected chi connectivity index (χ0v) is 16.4. The van der Waals surface area contributed by atoms with Gasteiger partial charge >= 0.3 is 0 Å². The van der Waals surface area contributed by atoms with Crippen molar-refractivity contribution in [2.45, 2.75) is 51.0 Å². The van der Waals surface area contributed by atoms with Crippen molar-refractivity contribution in [3.05, 3.63) is 64.9 Å². The molecule has 2 saturated carbocycles. The molecule has 1 aromatic carbocycles. The van der Waals surface area contributed by atoms with E-state index in [0.29, 0.717) is 12.1 Å². The van der Waals surface area contributed by atoms with Gasteiger partial charge in [0.05, 0.1) is 6.04 Å². The second-order valence-electron chi connectivity index (χ2n) is 7.84. The molecule has 0 bridgehead atoms. The van der Waals surface area contributed by atoms with Crippen molar-refractivity contribution < 1.29 is 9.29 Å². The van der Waals surface area contributed by atoms with Gasteiger partial charge in [-0.25, -0.2) is 4.39 Å². The Hall–Kier alpha value is -2.38. The third-order valence-electron chi connectivity index (χ3n) is 5.57. The number of halogens is 1. The lowest BCUT2D eigenvalue weighted by atomic mass is 10.2. The van der Waals surface area contributed by atoms with E-state index in [-0.39, 0.29) is 5.82 Å². The monoisotopic (exact) mass is 396 g/mol. The van der Waals surface area contributed by atoms with Crippen molar-refractivity contribution in [2.75, 3.05) is 0 Å². The molecule has 144 valence electrons. The van der Waals surface area contributed by atoms with Crippen molar-refractivity contribution in [3.8, 4) is 11.4 Å². The van der Waals surface area contributed by atoms with E-state index in [2.05, 4.69) is 9.55 Å². The molecular weight excluding hydrogens is 373 g/mol. The molecule has 5 nitrogen and oxygen atoms in total. The average molecular weight is 397 g/mol. The molecule has 0 amide bonds. The highest BCUT2D eigenvalue weighted by atomic mass is 32.1. The van der Waals surface area contributed by atoms with E-state index in [9.17, 15) is 4.39 Å². The molecule has 0 radical (unpaired) electrons. The van der Waals surface area contributed by atoms with Gasteiger partial charge in [-0.3, -0.25) is 9.55 Å². The van der Waals surface area contributed by atoms with E-state index >= 15 is 0 Å². The summed E-state index contributed by atoms with van der Waals surface area (Å²) in [5, 5.41) is 4.91. The molecule has 1 N–H and O–H groups in total. The summed E-state index contributed by atoms with van der Waals surface area (Å²) in [5.41, 5.74) is 2.20. The molecule has 0 aliphatic heterocycles. The van der Waals surface area contributed by atoms with Gasteiger partial charge in [-0.15, -0.1) is 5.10 Å². The number of hydrogen-bond acceptors (Lipinski definition) is 3. The summed E-state index contributed by atoms with van der Waals surface area (Å²) < 4.78 is 18.2. The van der Waals surface area contributed by atoms with E-state index in [1.165, 1.54) is 29.9 Å². The van der Waals surface area contributed by atoms with Gasteiger partial charge in [-0.1, -0.05) is 12.1 Å². The summed E-state index contributed by atoms with van der Waals surface area (Å²) in [4.78, 5) is 5.56. The molecule has 1 atom stereocenters. The minimum Gasteiger partial charge on any atom is -0.310 e. The van der Waals surface area contributed by atoms with Crippen LogP contribution in [0.15, 0.2) is 48.8 Å². The molecule has 2 aromatic heterocycles. The Morgan fingerprint density at radius 3 is 2.39 bits per heavy atom. The first-order chi connectivity index (χ1) is 13.7. The third-order valence-corrected chi connectivity index (χ3v) is 5.98. The van der Waals surface area contributed by atoms with Crippen LogP contribution >= 0.6 is 12.2 Å². The van der Waals surface area contributed by atoms with E-state index in [0.717, 1.165) is 47.8 Å². The average Bonchev–Trinajstić information content (AvgIpc) is 3.62. The van der Waals surface area contributed by atoms with Crippen LogP contribution in [0.1, 0.15) is 37.3 Å². The predicted molar refractivity (Wildman–Crippen MR) is 107 cm³/mol. The Morgan fingerprint density at radius 1 is 1.04 bits per heavy atom. The number of nitrogens with zero attached hydrogens (tertiary/aromatic N) is 4. The molecule has 1 unspecified atom stereocenters. The van der Waals surface area contributed by atoms with E-state index in [1.54, 1.807) is 12.4 Å². The second-order valence-corrected chi connectivity index (χ2v) is 8.20. The fourth-order valence-electron chi connectivity index (χ4n) is 3.76. The zero-order valence-electron chi connectivity index (χ0n) is 15.6. The molecule has 3 aromatic rings. The van der Waals surface area contributed by atoms with E-state index in [1.807, 2.05) is 28.9 Å². The van der Waals surface area contributed by atoms with Crippen molar-refractivity contribution >= 4 is 12.2 Å². The summed E-state index contributed by atoms with van der Waals surface area (Å²) in [5.74, 6) is 0.746. The number of benzene rings is 1. The number of aromatic nitrogens is 4. The number of quaternary nitrogens is 1. The molecule has 2 fully saturated rings. The Morgan fingerprint density at radius 2 is 1.75 bits per heavy atom. The van der Waals surface area contributed by atoms with Crippen LogP contribution in [0.3, 0.4) is 0 Å². The Balaban J connectivity index is 1.45. The van der Waals surface area contributed by atoms with Crippen LogP contribution in [0.5, 0.6) is 0 Å². The second kappa shape index (κ2) is 7.22. The third kappa shape index (κ3) is 3.64. The van der Waals surface area contributed by atoms with Crippen LogP contribution < -0.4 is 4.90 Å². The largest absolute Gasteiger partial charge is 0.310 e. The van der Waals surface area contributed by atoms with Gasteiger partial charge in [-0.2, -0.15) is 4.68 Å². The fourth-order valence-corrected chi connectivity index (χ4v) is 4.10. The summed E-state index contributed by atoms with van der Waals surface area (Å²) in [6, 6.07) is 11.9. The number of nitrogens with one attached hydrogen (secondary N) is 1. The molecule has 28 heavy (non-hydrogen) atoms. The maximum atomic E-state index is 13.2. The van der Waals surface area contributed by atoms with Gasteiger partial charge in [0.25, 0.3) is 0 Å². The maximum absolute atomic E-state index is 13.2. The Kier molecular flexibility index (Phi) is 4.56. The lowest BCUT2D eigenvalue weighted by Gasteiger charge is -2.19. The van der Waals surface area contributed by atoms with Crippen LogP contribution in [0.2, 0.25) is 0 Å². The molecule has 5 rings (SSSR count). The minimum absolute atomic E-state index is 0.191. The number of rotatable bonds is 7. The molecule has 0 spiro atoms. The highest BCUT2D eigenvalue weighted by molar-refractivity contribution is 7.71. The highest BCUT2D eigenvalue weighted by Gasteiger charge is 2.35. The number of pyridine rings is 1. The maximum Gasteiger partial charge on any atom is 0.203 e. The van der Waals surface area contributed by atoms with Gasteiger partial charge < -0.3 is 4.90 Å². The Bertz CT molecular complexity index is 1020. The molecule has 2 heterocycles. The standard InChI is InChI=1S/C21H22FN5S/c22-17-3-1-15(2-4-17)13-25(18-5-6-18)14-26-21(28)27(19-7-8-19)20(24-26)16-9-11-23-12-10-16/h1-4,9-12,18-19H,5-8,13-14H2/p+1. The zero-order chi connectivity index (χ0) is 19.1. The smallest absolute Gasteiger partial charge is 0.203 e. The predicted octanol–water partition coefficient (Wildman–Crippen LogP) is 3.16. The Labute approximate surface area is 168 Å². The highest BCUT2D eigenvalue weighted by Crippen LogP contribution is 2.38. The molecule has 2 aliphatic carbocycles. The molecular formula is C21H23FN5S+. The summed E-state index contributed by atoms with van der Waals surface area (Å²) in [6.07, 6.45) is 8.37. The lowest BCUT2D eigenvalue weighted by molar-refractivity contribution is -0.947. The first kappa shape index (κ1) is 17.7. The molecule has 2 aliphatic rings. The van der Waals surface area contributed by atoms with Gasteiger partial charge in [0.15, 0.2) is 12.5 Å². The number of hydrogen-bond donors (Lipinski definition) is 1. The van der Waals surface area contributed by atoms with Crippen LogP contribution in [0, 0.1) is 10.6 Å². The first-order valence-corrected chi connectivity index (χ1v) is 10.3. The molecule has 7 heteroatoms. The topological polar surface area (TPSA) is 40.1 Å². The van der Waals surface area contributed by atoms with Crippen molar-refractivity contribution in [2.24, 2.45) is 0 Å². The van der Waals surface area contributed by atoms with Crippen molar-refractivity contribution in [1.29, 1.82) is 0 Å². The van der Waals surface area contributed by atoms with Crippen LogP contribution in [-0.4, -0.2) is 25.4 Å². The van der Waals surface area contributed by atoms with Gasteiger partial charge in [0.2, 0.25) is 4.77 Å². The van der Waals surface area contributed by atoms with Gasteiger partial charge in [0.1, 0.15) is 12.4 Å². The summed E-state index contributed by atoms with van der Waals surface area (Å²) in [7, 11) is 0. The van der Waals surface area contributed by atoms with Crippen molar-refractivity contribution in [1.82, 2.24) is 19.3 Å². The van der Waals surface area contributed by atoms with E-state index in [4.69, 9.17) is 17.3 Å². The quantitative estimate of drug-likeness (QED) is 0.624. The van der Waals surface area contributed by atoms with Gasteiger partial charge in [0, 0.05) is 42.4 Å². The first-order valence-electron chi connectivity index (χ1n) is 9.88. The lowest BCUT2D eigenvalue weighted by Crippen LogP contribution is -3.11. The van der Waals surface area contributed by atoms with E-state index < -0.39 is 0 Å². The molecule has 0 saturated heterocycles.